The van der Waals surface area contributed by atoms with Gasteiger partial charge < -0.3 is 30.2 Å². The smallest absolute Gasteiger partial charge is 0.325 e. The summed E-state index contributed by atoms with van der Waals surface area (Å²) in [5, 5.41) is 4.49. The van der Waals surface area contributed by atoms with E-state index in [-0.39, 0.29) is 29.0 Å². The molecule has 0 spiro atoms. The van der Waals surface area contributed by atoms with Crippen molar-refractivity contribution in [2.45, 2.75) is 31.3 Å². The minimum atomic E-state index is -0.347. The van der Waals surface area contributed by atoms with Crippen molar-refractivity contribution in [2.75, 3.05) is 23.8 Å². The number of nitrogens with one attached hydrogen (secondary N) is 2. The third-order valence-corrected chi connectivity index (χ3v) is 7.35. The number of H-pyrrole nitrogens is 1. The van der Waals surface area contributed by atoms with Gasteiger partial charge in [-0.05, 0) is 43.9 Å². The van der Waals surface area contributed by atoms with E-state index in [4.69, 9.17) is 15.5 Å². The monoisotopic (exact) mass is 463 g/mol. The van der Waals surface area contributed by atoms with Crippen LogP contribution in [0.15, 0.2) is 35.3 Å². The van der Waals surface area contributed by atoms with Gasteiger partial charge >= 0.3 is 6.01 Å². The van der Waals surface area contributed by atoms with Gasteiger partial charge in [-0.25, -0.2) is 4.39 Å². The molecular weight excluding hydrogens is 437 g/mol. The summed E-state index contributed by atoms with van der Waals surface area (Å²) in [4.78, 5) is 27.1. The van der Waals surface area contributed by atoms with Gasteiger partial charge in [0.25, 0.3) is 5.56 Å². The van der Waals surface area contributed by atoms with Crippen molar-refractivity contribution >= 4 is 33.4 Å². The number of piperidine rings is 1. The summed E-state index contributed by atoms with van der Waals surface area (Å²) >= 11 is 0. The second-order valence-electron chi connectivity index (χ2n) is 9.66. The molecule has 1 saturated carbocycles. The van der Waals surface area contributed by atoms with Gasteiger partial charge in [-0.15, -0.1) is 0 Å². The van der Waals surface area contributed by atoms with E-state index < -0.39 is 0 Å². The first-order valence-electron chi connectivity index (χ1n) is 11.3. The summed E-state index contributed by atoms with van der Waals surface area (Å²) in [5.41, 5.74) is 7.92. The Labute approximate surface area is 194 Å². The highest BCUT2D eigenvalue weighted by Gasteiger charge is 2.52. The van der Waals surface area contributed by atoms with Crippen molar-refractivity contribution in [2.24, 2.45) is 18.7 Å². The lowest BCUT2D eigenvalue weighted by atomic mass is 9.97. The van der Waals surface area contributed by atoms with Gasteiger partial charge in [-0.1, -0.05) is 0 Å². The number of benzene rings is 1. The second-order valence-corrected chi connectivity index (χ2v) is 9.66. The minimum absolute atomic E-state index is 0.115. The number of pyridine rings is 1. The summed E-state index contributed by atoms with van der Waals surface area (Å²) in [6, 6.07) is 6.30. The van der Waals surface area contributed by atoms with Gasteiger partial charge in [0.05, 0.1) is 16.6 Å². The molecule has 4 N–H and O–H groups in total. The van der Waals surface area contributed by atoms with E-state index in [9.17, 15) is 9.18 Å². The fourth-order valence-corrected chi connectivity index (χ4v) is 5.65. The third-order valence-electron chi connectivity index (χ3n) is 7.35. The Morgan fingerprint density at radius 3 is 2.79 bits per heavy atom. The van der Waals surface area contributed by atoms with Crippen LogP contribution < -0.4 is 26.2 Å². The van der Waals surface area contributed by atoms with Crippen LogP contribution in [0.3, 0.4) is 0 Å². The van der Waals surface area contributed by atoms with Crippen molar-refractivity contribution in [3.05, 3.63) is 46.6 Å². The Balaban J connectivity index is 1.57. The van der Waals surface area contributed by atoms with Gasteiger partial charge in [-0.3, -0.25) is 4.79 Å². The molecule has 10 heteroatoms. The number of hydrogen-bond donors (Lipinski definition) is 3. The van der Waals surface area contributed by atoms with Gasteiger partial charge in [0.15, 0.2) is 0 Å². The van der Waals surface area contributed by atoms with Gasteiger partial charge in [0.1, 0.15) is 23.0 Å². The van der Waals surface area contributed by atoms with Crippen LogP contribution in [0.25, 0.3) is 21.9 Å². The summed E-state index contributed by atoms with van der Waals surface area (Å²) < 4.78 is 21.9. The molecule has 1 aromatic carbocycles. The fraction of sp³-hybridized carbons (Fsp3) is 0.375. The zero-order valence-electron chi connectivity index (χ0n) is 19.2. The first-order chi connectivity index (χ1) is 16.3. The summed E-state index contributed by atoms with van der Waals surface area (Å²) in [6.45, 7) is 2.96. The zero-order chi connectivity index (χ0) is 23.8. The van der Waals surface area contributed by atoms with Crippen molar-refractivity contribution in [3.8, 4) is 11.8 Å². The Bertz CT molecular complexity index is 1510. The van der Waals surface area contributed by atoms with Crippen molar-refractivity contribution in [3.63, 3.8) is 0 Å². The molecule has 176 valence electrons. The van der Waals surface area contributed by atoms with Crippen LogP contribution in [0, 0.1) is 11.7 Å². The number of aryl methyl sites for hydroxylation is 1. The molecule has 3 atom stereocenters. The predicted molar refractivity (Wildman–Crippen MR) is 129 cm³/mol. The van der Waals surface area contributed by atoms with Crippen LogP contribution in [-0.4, -0.2) is 44.7 Å². The van der Waals surface area contributed by atoms with Crippen molar-refractivity contribution in [1.29, 1.82) is 0 Å². The molecule has 3 aromatic heterocycles. The molecule has 1 aliphatic carbocycles. The standard InChI is InChI=1S/C24H26FN7O2/c1-24-9-12(16(26)10-24)11-32(24)22-19-15-6-13(25)7-17(27-2)20(15)28-21(19)29-23(30-22)34-14-4-5-31(3)18(33)8-14/h4-8,12,16,27H,9-11,26H2,1-3H3,(H,28,29,30)/t12-,16-,24?/m1/s1. The molecule has 1 unspecified atom stereocenters. The molecule has 4 heterocycles. The van der Waals surface area contributed by atoms with E-state index in [1.54, 1.807) is 26.4 Å². The Kier molecular flexibility index (Phi) is 4.41. The van der Waals surface area contributed by atoms with Crippen LogP contribution in [0.5, 0.6) is 11.8 Å². The zero-order valence-corrected chi connectivity index (χ0v) is 19.2. The second kappa shape index (κ2) is 7.17. The molecule has 1 saturated heterocycles. The molecule has 34 heavy (non-hydrogen) atoms. The van der Waals surface area contributed by atoms with E-state index in [1.165, 1.54) is 22.8 Å². The highest BCUT2D eigenvalue weighted by atomic mass is 19.1. The average molecular weight is 464 g/mol. The summed E-state index contributed by atoms with van der Waals surface area (Å²) in [5.74, 6) is 1.05. The molecule has 9 nitrogen and oxygen atoms in total. The predicted octanol–water partition coefficient (Wildman–Crippen LogP) is 3.10. The molecule has 0 radical (unpaired) electrons. The van der Waals surface area contributed by atoms with E-state index in [2.05, 4.69) is 27.1 Å². The number of ether oxygens (including phenoxy) is 1. The van der Waals surface area contributed by atoms with Gasteiger partial charge in [-0.2, -0.15) is 9.97 Å². The Hall–Kier alpha value is -3.66. The molecule has 4 aromatic rings. The normalized spacial score (nSPS) is 23.9. The number of nitrogens with zero attached hydrogens (tertiary/aromatic N) is 4. The van der Waals surface area contributed by atoms with Gasteiger partial charge in [0, 0.05) is 49.9 Å². The van der Waals surface area contributed by atoms with E-state index in [0.29, 0.717) is 34.2 Å². The molecule has 2 fully saturated rings. The maximum Gasteiger partial charge on any atom is 0.325 e. The fourth-order valence-electron chi connectivity index (χ4n) is 5.65. The number of aromatic nitrogens is 4. The minimum Gasteiger partial charge on any atom is -0.424 e. The summed E-state index contributed by atoms with van der Waals surface area (Å²) in [7, 11) is 3.42. The van der Waals surface area contributed by atoms with Crippen LogP contribution in [0.1, 0.15) is 19.8 Å². The van der Waals surface area contributed by atoms with Crippen LogP contribution in [0.4, 0.5) is 15.9 Å². The Morgan fingerprint density at radius 2 is 2.12 bits per heavy atom. The molecule has 0 amide bonds. The van der Waals surface area contributed by atoms with E-state index in [0.717, 1.165) is 30.3 Å². The largest absolute Gasteiger partial charge is 0.424 e. The average Bonchev–Trinajstić information content (AvgIpc) is 3.42. The quantitative estimate of drug-likeness (QED) is 0.426. The SMILES string of the molecule is CNc1cc(F)cc2c1[nH]c1nc(Oc3ccn(C)c(=O)c3)nc(N3C[C@H]4CC3(C)C[C@H]4N)c12. The molecule has 2 aliphatic rings. The lowest BCUT2D eigenvalue weighted by Gasteiger charge is -2.39. The molecular formula is C24H26FN7O2. The maximum atomic E-state index is 14.5. The first-order valence-corrected chi connectivity index (χ1v) is 11.3. The highest BCUT2D eigenvalue weighted by molar-refractivity contribution is 6.14. The number of rotatable bonds is 4. The van der Waals surface area contributed by atoms with Crippen LogP contribution in [-0.2, 0) is 7.05 Å². The van der Waals surface area contributed by atoms with E-state index in [1.807, 2.05) is 0 Å². The molecule has 1 aliphatic heterocycles. The van der Waals surface area contributed by atoms with Crippen molar-refractivity contribution < 1.29 is 9.13 Å². The van der Waals surface area contributed by atoms with Crippen LogP contribution in [0.2, 0.25) is 0 Å². The Morgan fingerprint density at radius 1 is 1.29 bits per heavy atom. The number of aromatic amines is 1. The lowest BCUT2D eigenvalue weighted by Crippen LogP contribution is -2.48. The highest BCUT2D eigenvalue weighted by Crippen LogP contribution is 2.49. The number of anilines is 2. The number of fused-ring (bicyclic) bond motifs is 5. The number of halogens is 1. The third kappa shape index (κ3) is 3.05. The topological polar surface area (TPSA) is 114 Å². The molecule has 2 bridgehead atoms. The van der Waals surface area contributed by atoms with E-state index >= 15 is 0 Å². The summed E-state index contributed by atoms with van der Waals surface area (Å²) in [6.07, 6.45) is 3.46. The number of hydrogen-bond acceptors (Lipinski definition) is 7. The van der Waals surface area contributed by atoms with Crippen molar-refractivity contribution in [1.82, 2.24) is 19.5 Å². The van der Waals surface area contributed by atoms with Crippen LogP contribution >= 0.6 is 0 Å². The number of nitrogens with two attached hydrogens (primary N) is 1. The van der Waals surface area contributed by atoms with Gasteiger partial charge in [0.2, 0.25) is 0 Å². The molecule has 6 rings (SSSR count). The first kappa shape index (κ1) is 20.9. The lowest BCUT2D eigenvalue weighted by molar-refractivity contribution is 0.409. The maximum absolute atomic E-state index is 14.5.